The summed E-state index contributed by atoms with van der Waals surface area (Å²) in [5, 5.41) is 11.2. The predicted molar refractivity (Wildman–Crippen MR) is 108 cm³/mol. The smallest absolute Gasteiger partial charge is 0.334 e. The number of sulfonamides is 1. The largest absolute Gasteiger partial charge is 0.474 e. The van der Waals surface area contributed by atoms with Crippen LogP contribution in [0.5, 0.6) is 5.88 Å². The number of fused-ring (bicyclic) bond motifs is 2. The number of hydrogen-bond donors (Lipinski definition) is 2. The molecule has 11 nitrogen and oxygen atoms in total. The Balaban J connectivity index is 0.00000256. The first-order valence-corrected chi connectivity index (χ1v) is 10.9. The molecule has 1 aliphatic heterocycles. The van der Waals surface area contributed by atoms with Crippen LogP contribution in [0.3, 0.4) is 0 Å². The SMILES string of the molecule is CO[C@@H]1COc2c(S(=O)(=O)NC(=O)Nc3c4c(nn3C(C)C)CCC4)cnn2C1.[Na]. The van der Waals surface area contributed by atoms with Crippen molar-refractivity contribution in [2.24, 2.45) is 0 Å². The molecule has 4 rings (SSSR count). The molecule has 1 radical (unpaired) electrons. The Morgan fingerprint density at radius 1 is 1.37 bits per heavy atom. The van der Waals surface area contributed by atoms with Crippen molar-refractivity contribution in [2.45, 2.75) is 56.7 Å². The second-order valence-electron chi connectivity index (χ2n) is 7.39. The van der Waals surface area contributed by atoms with E-state index in [4.69, 9.17) is 9.47 Å². The number of nitrogens with one attached hydrogen (secondary N) is 2. The van der Waals surface area contributed by atoms with Gasteiger partial charge in [0.05, 0.1) is 18.4 Å². The van der Waals surface area contributed by atoms with Gasteiger partial charge in [0.1, 0.15) is 18.5 Å². The van der Waals surface area contributed by atoms with Crippen molar-refractivity contribution >= 4 is 51.4 Å². The number of aromatic nitrogens is 4. The molecule has 3 heterocycles. The van der Waals surface area contributed by atoms with E-state index in [9.17, 15) is 13.2 Å². The molecule has 0 saturated carbocycles. The quantitative estimate of drug-likeness (QED) is 0.645. The zero-order valence-electron chi connectivity index (χ0n) is 17.5. The van der Waals surface area contributed by atoms with Gasteiger partial charge >= 0.3 is 6.03 Å². The molecule has 0 unspecified atom stereocenters. The Labute approximate surface area is 196 Å². The van der Waals surface area contributed by atoms with Gasteiger partial charge in [-0.2, -0.15) is 10.2 Å². The van der Waals surface area contributed by atoms with Gasteiger partial charge in [0.15, 0.2) is 4.90 Å². The zero-order valence-corrected chi connectivity index (χ0v) is 20.3. The van der Waals surface area contributed by atoms with Gasteiger partial charge < -0.3 is 9.47 Å². The predicted octanol–water partition coefficient (Wildman–Crippen LogP) is 0.686. The molecule has 2 aliphatic rings. The van der Waals surface area contributed by atoms with E-state index in [-0.39, 0.29) is 59.1 Å². The molecular weight excluding hydrogens is 423 g/mol. The van der Waals surface area contributed by atoms with Crippen LogP contribution in [-0.4, -0.2) is 83.4 Å². The maximum Gasteiger partial charge on any atom is 0.334 e. The van der Waals surface area contributed by atoms with E-state index in [2.05, 4.69) is 15.5 Å². The molecule has 2 aromatic heterocycles. The monoisotopic (exact) mass is 447 g/mol. The van der Waals surface area contributed by atoms with Gasteiger partial charge in [-0.3, -0.25) is 5.32 Å². The number of aryl methyl sites for hydroxylation is 1. The number of methoxy groups -OCH3 is 1. The number of carbonyl (C=O) groups is 1. The molecule has 0 saturated heterocycles. The fourth-order valence-electron chi connectivity index (χ4n) is 3.61. The van der Waals surface area contributed by atoms with Crippen molar-refractivity contribution in [3.8, 4) is 5.88 Å². The molecule has 0 bridgehead atoms. The number of urea groups is 1. The number of ether oxygens (including phenoxy) is 2. The number of anilines is 1. The first kappa shape index (κ1) is 23.1. The Morgan fingerprint density at radius 3 is 2.83 bits per heavy atom. The summed E-state index contributed by atoms with van der Waals surface area (Å²) >= 11 is 0. The molecule has 0 aromatic carbocycles. The summed E-state index contributed by atoms with van der Waals surface area (Å²) in [6.45, 7) is 4.47. The molecule has 2 amide bonds. The minimum absolute atomic E-state index is 0. The topological polar surface area (TPSA) is 129 Å². The molecule has 13 heteroatoms. The van der Waals surface area contributed by atoms with Crippen LogP contribution in [0.15, 0.2) is 11.1 Å². The van der Waals surface area contributed by atoms with E-state index in [0.29, 0.717) is 12.4 Å². The fraction of sp³-hybridized carbons (Fsp3) is 0.588. The Morgan fingerprint density at radius 2 is 2.13 bits per heavy atom. The van der Waals surface area contributed by atoms with Gasteiger partial charge in [-0.15, -0.1) is 0 Å². The standard InChI is InChI=1S/C17H24N6O5S.Na/c1-10(2)23-15(12-5-4-6-13(12)20-23)19-17(24)21-29(25,26)14-7-18-22-8-11(27-3)9-28-16(14)22;/h7,10-11H,4-6,8-9H2,1-3H3,(H2,19,21,24);/t11-;/m0./s1. The van der Waals surface area contributed by atoms with Crippen molar-refractivity contribution in [1.29, 1.82) is 0 Å². The van der Waals surface area contributed by atoms with Crippen molar-refractivity contribution in [3.63, 3.8) is 0 Å². The van der Waals surface area contributed by atoms with E-state index in [0.717, 1.165) is 30.5 Å². The average Bonchev–Trinajstić information content (AvgIpc) is 3.35. The van der Waals surface area contributed by atoms with Crippen LogP contribution >= 0.6 is 0 Å². The van der Waals surface area contributed by atoms with Crippen LogP contribution in [0.1, 0.15) is 37.6 Å². The minimum Gasteiger partial charge on any atom is -0.474 e. The molecule has 30 heavy (non-hydrogen) atoms. The van der Waals surface area contributed by atoms with Crippen molar-refractivity contribution in [3.05, 3.63) is 17.5 Å². The maximum absolute atomic E-state index is 12.7. The molecule has 1 aliphatic carbocycles. The third-order valence-corrected chi connectivity index (χ3v) is 6.36. The summed E-state index contributed by atoms with van der Waals surface area (Å²) in [4.78, 5) is 12.3. The van der Waals surface area contributed by atoms with Gasteiger partial charge in [-0.25, -0.2) is 27.3 Å². The van der Waals surface area contributed by atoms with Crippen LogP contribution < -0.4 is 14.8 Å². The Bertz CT molecular complexity index is 1050. The average molecular weight is 447 g/mol. The van der Waals surface area contributed by atoms with Gasteiger partial charge in [0.25, 0.3) is 10.0 Å². The Kier molecular flexibility index (Phi) is 6.82. The van der Waals surface area contributed by atoms with E-state index < -0.39 is 16.1 Å². The zero-order chi connectivity index (χ0) is 20.8. The summed E-state index contributed by atoms with van der Waals surface area (Å²) in [6, 6.07) is -0.829. The number of rotatable bonds is 5. The minimum atomic E-state index is -4.17. The first-order valence-electron chi connectivity index (χ1n) is 9.45. The summed E-state index contributed by atoms with van der Waals surface area (Å²) in [6.07, 6.45) is 3.57. The van der Waals surface area contributed by atoms with Gasteiger partial charge in [-0.05, 0) is 33.1 Å². The number of carbonyl (C=O) groups excluding carboxylic acids is 1. The molecule has 2 N–H and O–H groups in total. The number of nitrogens with zero attached hydrogens (tertiary/aromatic N) is 4. The molecular formula is C17H24N6NaO5S. The van der Waals surface area contributed by atoms with E-state index in [1.165, 1.54) is 10.9 Å². The number of amides is 2. The third-order valence-electron chi connectivity index (χ3n) is 5.05. The van der Waals surface area contributed by atoms with E-state index >= 15 is 0 Å². The summed E-state index contributed by atoms with van der Waals surface area (Å²) in [5.41, 5.74) is 1.91. The van der Waals surface area contributed by atoms with Gasteiger partial charge in [0.2, 0.25) is 5.88 Å². The van der Waals surface area contributed by atoms with E-state index in [1.807, 2.05) is 18.6 Å². The second kappa shape index (κ2) is 8.87. The summed E-state index contributed by atoms with van der Waals surface area (Å²) < 4.78 is 41.4. The van der Waals surface area contributed by atoms with Crippen LogP contribution in [0.25, 0.3) is 0 Å². The first-order chi connectivity index (χ1) is 13.8. The summed E-state index contributed by atoms with van der Waals surface area (Å²) in [7, 11) is -2.63. The molecule has 2 aromatic rings. The van der Waals surface area contributed by atoms with Crippen LogP contribution in [-0.2, 0) is 34.1 Å². The molecule has 0 fully saturated rings. The number of hydrogen-bond acceptors (Lipinski definition) is 7. The van der Waals surface area contributed by atoms with Crippen molar-refractivity contribution in [1.82, 2.24) is 24.3 Å². The molecule has 159 valence electrons. The molecule has 0 spiro atoms. The maximum atomic E-state index is 12.7. The normalized spacial score (nSPS) is 17.7. The second-order valence-corrected chi connectivity index (χ2v) is 9.04. The van der Waals surface area contributed by atoms with Crippen molar-refractivity contribution in [2.75, 3.05) is 19.0 Å². The van der Waals surface area contributed by atoms with E-state index in [1.54, 1.807) is 11.8 Å². The van der Waals surface area contributed by atoms with Crippen LogP contribution in [0, 0.1) is 0 Å². The van der Waals surface area contributed by atoms with Crippen LogP contribution in [0.4, 0.5) is 10.6 Å². The Hall–Kier alpha value is -1.60. The third kappa shape index (κ3) is 4.24. The van der Waals surface area contributed by atoms with Gasteiger partial charge in [-0.1, -0.05) is 0 Å². The van der Waals surface area contributed by atoms with Gasteiger partial charge in [0, 0.05) is 48.3 Å². The summed E-state index contributed by atoms with van der Waals surface area (Å²) in [5.74, 6) is 0.628. The van der Waals surface area contributed by atoms with Crippen LogP contribution in [0.2, 0.25) is 0 Å². The molecule has 1 atom stereocenters. The van der Waals surface area contributed by atoms with Crippen molar-refractivity contribution < 1.29 is 22.7 Å². The fourth-order valence-corrected chi connectivity index (χ4v) is 4.59.